The van der Waals surface area contributed by atoms with E-state index >= 15 is 0 Å². The number of aromatic nitrogens is 2. The molecule has 0 aromatic carbocycles. The minimum atomic E-state index is -4.91. The molecule has 1 aromatic rings. The zero-order valence-electron chi connectivity index (χ0n) is 8.54. The van der Waals surface area contributed by atoms with Gasteiger partial charge < -0.3 is 5.11 Å². The SMILES string of the molecule is Cc1nn(C)cc1C(=O)/C=C(\O)C(F)(F)F. The van der Waals surface area contributed by atoms with Crippen molar-refractivity contribution in [3.8, 4) is 0 Å². The summed E-state index contributed by atoms with van der Waals surface area (Å²) in [5.41, 5.74) is 0.331. The van der Waals surface area contributed by atoms with Gasteiger partial charge in [0.05, 0.1) is 11.3 Å². The van der Waals surface area contributed by atoms with Gasteiger partial charge in [-0.05, 0) is 6.92 Å². The number of halogens is 3. The molecule has 0 aliphatic heterocycles. The zero-order valence-corrected chi connectivity index (χ0v) is 8.54. The fraction of sp³-hybridized carbons (Fsp3) is 0.333. The van der Waals surface area contributed by atoms with Crippen molar-refractivity contribution in [2.45, 2.75) is 13.1 Å². The second-order valence-corrected chi connectivity index (χ2v) is 3.19. The Morgan fingerprint density at radius 3 is 2.50 bits per heavy atom. The van der Waals surface area contributed by atoms with E-state index in [4.69, 9.17) is 5.11 Å². The lowest BCUT2D eigenvalue weighted by molar-refractivity contribution is -0.120. The van der Waals surface area contributed by atoms with Gasteiger partial charge in [-0.15, -0.1) is 0 Å². The van der Waals surface area contributed by atoms with Gasteiger partial charge in [0, 0.05) is 19.3 Å². The van der Waals surface area contributed by atoms with Crippen molar-refractivity contribution in [3.63, 3.8) is 0 Å². The number of carbonyl (C=O) groups is 1. The predicted octanol–water partition coefficient (Wildman–Crippen LogP) is 1.92. The highest BCUT2D eigenvalue weighted by atomic mass is 19.4. The van der Waals surface area contributed by atoms with Crippen LogP contribution < -0.4 is 0 Å². The molecule has 0 aliphatic rings. The normalized spacial score (nSPS) is 12.9. The van der Waals surface area contributed by atoms with E-state index < -0.39 is 17.7 Å². The van der Waals surface area contributed by atoms with Crippen LogP contribution in [0.2, 0.25) is 0 Å². The highest BCUT2D eigenvalue weighted by molar-refractivity contribution is 6.05. The first-order valence-electron chi connectivity index (χ1n) is 4.24. The molecule has 0 spiro atoms. The van der Waals surface area contributed by atoms with Crippen LogP contribution in [0.3, 0.4) is 0 Å². The standard InChI is InChI=1S/C9H9F3N2O2/c1-5-6(4-14(2)13-5)7(15)3-8(16)9(10,11)12/h3-4,16H,1-2H3/b8-3-. The lowest BCUT2D eigenvalue weighted by Crippen LogP contribution is -2.13. The molecule has 4 nitrogen and oxygen atoms in total. The monoisotopic (exact) mass is 234 g/mol. The number of rotatable bonds is 2. The number of hydrogen-bond donors (Lipinski definition) is 1. The van der Waals surface area contributed by atoms with Gasteiger partial charge in [0.1, 0.15) is 0 Å². The molecule has 0 bridgehead atoms. The molecule has 7 heteroatoms. The van der Waals surface area contributed by atoms with Gasteiger partial charge in [0.25, 0.3) is 0 Å². The van der Waals surface area contributed by atoms with Crippen LogP contribution in [0.5, 0.6) is 0 Å². The fourth-order valence-corrected chi connectivity index (χ4v) is 1.13. The fourth-order valence-electron chi connectivity index (χ4n) is 1.13. The molecule has 1 aromatic heterocycles. The molecule has 0 amide bonds. The molecular weight excluding hydrogens is 225 g/mol. The summed E-state index contributed by atoms with van der Waals surface area (Å²) in [5, 5.41) is 12.4. The summed E-state index contributed by atoms with van der Waals surface area (Å²) in [6.07, 6.45) is -3.48. The summed E-state index contributed by atoms with van der Waals surface area (Å²) < 4.78 is 37.1. The third-order valence-corrected chi connectivity index (χ3v) is 1.84. The first kappa shape index (κ1) is 12.3. The van der Waals surface area contributed by atoms with Crippen LogP contribution in [0.4, 0.5) is 13.2 Å². The Kier molecular flexibility index (Phi) is 3.06. The van der Waals surface area contributed by atoms with E-state index in [1.807, 2.05) is 0 Å². The van der Waals surface area contributed by atoms with E-state index in [0.29, 0.717) is 5.69 Å². The minimum Gasteiger partial charge on any atom is -0.504 e. The summed E-state index contributed by atoms with van der Waals surface area (Å²) >= 11 is 0. The van der Waals surface area contributed by atoms with Crippen LogP contribution in [0.1, 0.15) is 16.1 Å². The van der Waals surface area contributed by atoms with Gasteiger partial charge in [-0.25, -0.2) is 0 Å². The smallest absolute Gasteiger partial charge is 0.448 e. The maximum Gasteiger partial charge on any atom is 0.448 e. The quantitative estimate of drug-likeness (QED) is 0.483. The largest absolute Gasteiger partial charge is 0.504 e. The van der Waals surface area contributed by atoms with Crippen LogP contribution in [-0.4, -0.2) is 26.8 Å². The molecule has 0 saturated carbocycles. The molecule has 0 radical (unpaired) electrons. The Morgan fingerprint density at radius 1 is 1.56 bits per heavy atom. The maximum absolute atomic E-state index is 11.9. The third kappa shape index (κ3) is 2.62. The number of nitrogens with zero attached hydrogens (tertiary/aromatic N) is 2. The molecule has 0 unspecified atom stereocenters. The second-order valence-electron chi connectivity index (χ2n) is 3.19. The van der Waals surface area contributed by atoms with Crippen molar-refractivity contribution < 1.29 is 23.1 Å². The second kappa shape index (κ2) is 3.99. The zero-order chi connectivity index (χ0) is 12.5. The number of aliphatic hydroxyl groups excluding tert-OH is 1. The molecule has 88 valence electrons. The molecule has 0 aliphatic carbocycles. The lowest BCUT2D eigenvalue weighted by Gasteiger charge is -2.03. The average Bonchev–Trinajstić information content (AvgIpc) is 2.43. The molecule has 1 N–H and O–H groups in total. The van der Waals surface area contributed by atoms with Crippen LogP contribution in [0.15, 0.2) is 18.0 Å². The minimum absolute atomic E-state index is 0.0262. The summed E-state index contributed by atoms with van der Waals surface area (Å²) in [4.78, 5) is 11.3. The lowest BCUT2D eigenvalue weighted by atomic mass is 10.1. The van der Waals surface area contributed by atoms with Crippen molar-refractivity contribution in [2.24, 2.45) is 7.05 Å². The van der Waals surface area contributed by atoms with E-state index in [2.05, 4.69) is 5.10 Å². The van der Waals surface area contributed by atoms with E-state index in [9.17, 15) is 18.0 Å². The van der Waals surface area contributed by atoms with Gasteiger partial charge in [0.2, 0.25) is 5.76 Å². The Labute approximate surface area is 89.0 Å². The topological polar surface area (TPSA) is 55.1 Å². The molecule has 1 rings (SSSR count). The van der Waals surface area contributed by atoms with E-state index in [1.54, 1.807) is 0 Å². The number of allylic oxidation sites excluding steroid dienone is 2. The Bertz CT molecular complexity index is 446. The molecular formula is C9H9F3N2O2. The number of carbonyl (C=O) groups excluding carboxylic acids is 1. The highest BCUT2D eigenvalue weighted by Gasteiger charge is 2.34. The van der Waals surface area contributed by atoms with E-state index in [1.165, 1.54) is 24.9 Å². The Hall–Kier alpha value is -1.79. The van der Waals surface area contributed by atoms with E-state index in [0.717, 1.165) is 0 Å². The van der Waals surface area contributed by atoms with Gasteiger partial charge in [-0.3, -0.25) is 9.48 Å². The predicted molar refractivity (Wildman–Crippen MR) is 49.0 cm³/mol. The Morgan fingerprint density at radius 2 is 2.12 bits per heavy atom. The van der Waals surface area contributed by atoms with Crippen molar-refractivity contribution in [1.29, 1.82) is 0 Å². The molecule has 16 heavy (non-hydrogen) atoms. The number of aryl methyl sites for hydroxylation is 2. The first-order chi connectivity index (χ1) is 7.21. The number of ketones is 1. The average molecular weight is 234 g/mol. The van der Waals surface area contributed by atoms with Crippen molar-refractivity contribution in [3.05, 3.63) is 29.3 Å². The number of alkyl halides is 3. The number of aliphatic hydroxyl groups is 1. The van der Waals surface area contributed by atoms with Gasteiger partial charge in [-0.2, -0.15) is 18.3 Å². The first-order valence-corrected chi connectivity index (χ1v) is 4.24. The van der Waals surface area contributed by atoms with Gasteiger partial charge in [-0.1, -0.05) is 0 Å². The van der Waals surface area contributed by atoms with Crippen LogP contribution in [-0.2, 0) is 7.05 Å². The van der Waals surface area contributed by atoms with Crippen molar-refractivity contribution >= 4 is 5.78 Å². The summed E-state index contributed by atoms with van der Waals surface area (Å²) in [6.45, 7) is 1.49. The van der Waals surface area contributed by atoms with Gasteiger partial charge >= 0.3 is 6.18 Å². The maximum atomic E-state index is 11.9. The van der Waals surface area contributed by atoms with Crippen molar-refractivity contribution in [1.82, 2.24) is 9.78 Å². The summed E-state index contributed by atoms with van der Waals surface area (Å²) in [7, 11) is 1.54. The number of hydrogen-bond acceptors (Lipinski definition) is 3. The van der Waals surface area contributed by atoms with Crippen LogP contribution in [0.25, 0.3) is 0 Å². The van der Waals surface area contributed by atoms with E-state index in [-0.39, 0.29) is 11.6 Å². The van der Waals surface area contributed by atoms with Crippen LogP contribution in [0, 0.1) is 6.92 Å². The van der Waals surface area contributed by atoms with Crippen molar-refractivity contribution in [2.75, 3.05) is 0 Å². The van der Waals surface area contributed by atoms with Gasteiger partial charge in [0.15, 0.2) is 5.78 Å². The molecule has 0 saturated heterocycles. The summed E-state index contributed by atoms with van der Waals surface area (Å²) in [6, 6.07) is 0. The Balaban J connectivity index is 3.01. The highest BCUT2D eigenvalue weighted by Crippen LogP contribution is 2.23. The molecule has 0 fully saturated rings. The third-order valence-electron chi connectivity index (χ3n) is 1.84. The molecule has 0 atom stereocenters. The summed E-state index contributed by atoms with van der Waals surface area (Å²) in [5.74, 6) is -2.85. The van der Waals surface area contributed by atoms with Crippen LogP contribution >= 0.6 is 0 Å². The molecule has 1 heterocycles.